The van der Waals surface area contributed by atoms with E-state index >= 15 is 0 Å². The molecular formula is C15H15ClFNO. The minimum atomic E-state index is -0.340. The van der Waals surface area contributed by atoms with E-state index in [4.69, 9.17) is 11.6 Å². The van der Waals surface area contributed by atoms with Crippen LogP contribution in [0.15, 0.2) is 42.5 Å². The van der Waals surface area contributed by atoms with Crippen LogP contribution in [0.4, 0.5) is 4.39 Å². The number of halogens is 2. The molecule has 0 bridgehead atoms. The molecule has 0 atom stereocenters. The average molecular weight is 280 g/mol. The van der Waals surface area contributed by atoms with Crippen LogP contribution in [0, 0.1) is 5.82 Å². The molecule has 0 saturated heterocycles. The van der Waals surface area contributed by atoms with Crippen molar-refractivity contribution in [2.24, 2.45) is 0 Å². The maximum atomic E-state index is 13.0. The third-order valence-electron chi connectivity index (χ3n) is 2.86. The van der Waals surface area contributed by atoms with E-state index in [-0.39, 0.29) is 11.6 Å². The second-order valence-electron chi connectivity index (χ2n) is 4.33. The monoisotopic (exact) mass is 279 g/mol. The van der Waals surface area contributed by atoms with Crippen LogP contribution in [0.25, 0.3) is 0 Å². The Morgan fingerprint density at radius 3 is 2.58 bits per heavy atom. The molecule has 0 fully saturated rings. The maximum absolute atomic E-state index is 13.0. The summed E-state index contributed by atoms with van der Waals surface area (Å²) >= 11 is 5.81. The first-order chi connectivity index (χ1) is 9.15. The van der Waals surface area contributed by atoms with Gasteiger partial charge in [-0.15, -0.1) is 0 Å². The van der Waals surface area contributed by atoms with Gasteiger partial charge in [0.05, 0.1) is 0 Å². The van der Waals surface area contributed by atoms with E-state index in [1.54, 1.807) is 0 Å². The molecule has 0 aliphatic carbocycles. The zero-order valence-electron chi connectivity index (χ0n) is 10.4. The van der Waals surface area contributed by atoms with Crippen LogP contribution in [0.5, 0.6) is 5.75 Å². The molecule has 0 heterocycles. The largest absolute Gasteiger partial charge is 0.508 e. The summed E-state index contributed by atoms with van der Waals surface area (Å²) in [5, 5.41) is 13.5. The van der Waals surface area contributed by atoms with Gasteiger partial charge < -0.3 is 10.4 Å². The molecule has 2 N–H and O–H groups in total. The summed E-state index contributed by atoms with van der Waals surface area (Å²) in [6.07, 6.45) is 0.854. The van der Waals surface area contributed by atoms with Crippen molar-refractivity contribution < 1.29 is 9.50 Å². The van der Waals surface area contributed by atoms with Crippen LogP contribution in [0.2, 0.25) is 5.02 Å². The quantitative estimate of drug-likeness (QED) is 0.821. The number of aromatic hydroxyl groups is 1. The highest BCUT2D eigenvalue weighted by Gasteiger charge is 2.02. The number of nitrogens with one attached hydrogen (secondary N) is 1. The second kappa shape index (κ2) is 6.55. The zero-order valence-corrected chi connectivity index (χ0v) is 11.1. The first kappa shape index (κ1) is 13.8. The Balaban J connectivity index is 1.80. The molecule has 2 rings (SSSR count). The Hall–Kier alpha value is -1.58. The molecule has 0 saturated carbocycles. The van der Waals surface area contributed by atoms with Gasteiger partial charge >= 0.3 is 0 Å². The maximum Gasteiger partial charge on any atom is 0.123 e. The predicted molar refractivity (Wildman–Crippen MR) is 74.9 cm³/mol. The number of hydrogen-bond acceptors (Lipinski definition) is 2. The van der Waals surface area contributed by atoms with Crippen molar-refractivity contribution in [3.8, 4) is 5.75 Å². The molecule has 4 heteroatoms. The Morgan fingerprint density at radius 1 is 1.11 bits per heavy atom. The molecule has 0 spiro atoms. The van der Waals surface area contributed by atoms with E-state index in [0.29, 0.717) is 12.1 Å². The molecule has 0 aromatic heterocycles. The van der Waals surface area contributed by atoms with Crippen LogP contribution in [-0.2, 0) is 13.0 Å². The van der Waals surface area contributed by atoms with E-state index in [1.807, 2.05) is 24.3 Å². The molecule has 0 amide bonds. The number of benzene rings is 2. The van der Waals surface area contributed by atoms with Crippen molar-refractivity contribution in [3.63, 3.8) is 0 Å². The summed E-state index contributed by atoms with van der Waals surface area (Å²) in [6.45, 7) is 1.19. The molecule has 0 aliphatic heterocycles. The number of phenols is 1. The van der Waals surface area contributed by atoms with Gasteiger partial charge in [0.25, 0.3) is 0 Å². The zero-order chi connectivity index (χ0) is 13.7. The lowest BCUT2D eigenvalue weighted by atomic mass is 10.1. The van der Waals surface area contributed by atoms with E-state index in [2.05, 4.69) is 5.32 Å². The predicted octanol–water partition coefficient (Wildman–Crippen LogP) is 3.52. The summed E-state index contributed by atoms with van der Waals surface area (Å²) in [6, 6.07) is 11.6. The Kier molecular flexibility index (Phi) is 4.77. The Bertz CT molecular complexity index is 542. The molecule has 0 aliphatic rings. The summed E-state index contributed by atoms with van der Waals surface area (Å²) in [5.41, 5.74) is 1.75. The van der Waals surface area contributed by atoms with Gasteiger partial charge in [0.1, 0.15) is 11.6 Å². The normalized spacial score (nSPS) is 10.6. The van der Waals surface area contributed by atoms with E-state index in [0.717, 1.165) is 18.0 Å². The topological polar surface area (TPSA) is 32.3 Å². The second-order valence-corrected chi connectivity index (χ2v) is 4.76. The molecule has 100 valence electrons. The fourth-order valence-corrected chi connectivity index (χ4v) is 1.93. The molecule has 19 heavy (non-hydrogen) atoms. The Morgan fingerprint density at radius 2 is 1.84 bits per heavy atom. The minimum absolute atomic E-state index is 0.111. The van der Waals surface area contributed by atoms with Crippen LogP contribution >= 0.6 is 11.6 Å². The van der Waals surface area contributed by atoms with Gasteiger partial charge in [-0.1, -0.05) is 23.7 Å². The van der Waals surface area contributed by atoms with Gasteiger partial charge in [-0.3, -0.25) is 0 Å². The summed E-state index contributed by atoms with van der Waals surface area (Å²) < 4.78 is 13.0. The summed E-state index contributed by atoms with van der Waals surface area (Å²) in [4.78, 5) is 0. The lowest BCUT2D eigenvalue weighted by Gasteiger charge is -2.07. The van der Waals surface area contributed by atoms with Crippen molar-refractivity contribution in [3.05, 3.63) is 64.4 Å². The highest BCUT2D eigenvalue weighted by atomic mass is 35.5. The highest BCUT2D eigenvalue weighted by Crippen LogP contribution is 2.17. The van der Waals surface area contributed by atoms with Gasteiger partial charge in [0.2, 0.25) is 0 Å². The fraction of sp³-hybridized carbons (Fsp3) is 0.200. The van der Waals surface area contributed by atoms with E-state index in [9.17, 15) is 9.50 Å². The van der Waals surface area contributed by atoms with Crippen LogP contribution in [0.3, 0.4) is 0 Å². The van der Waals surface area contributed by atoms with Gasteiger partial charge in [-0.25, -0.2) is 4.39 Å². The van der Waals surface area contributed by atoms with Crippen molar-refractivity contribution in [2.75, 3.05) is 6.54 Å². The molecule has 2 nitrogen and oxygen atoms in total. The number of hydrogen-bond donors (Lipinski definition) is 2. The standard InChI is InChI=1S/C15H15ClFNO/c16-13-3-1-11(2-4-13)7-8-18-10-12-9-14(17)5-6-15(12)19/h1-6,9,18-19H,7-8,10H2. The molecule has 0 unspecified atom stereocenters. The number of rotatable bonds is 5. The van der Waals surface area contributed by atoms with E-state index in [1.165, 1.54) is 23.8 Å². The molecular weight excluding hydrogens is 265 g/mol. The van der Waals surface area contributed by atoms with Crippen molar-refractivity contribution in [1.29, 1.82) is 0 Å². The van der Waals surface area contributed by atoms with Crippen LogP contribution in [-0.4, -0.2) is 11.7 Å². The molecule has 2 aromatic rings. The van der Waals surface area contributed by atoms with E-state index < -0.39 is 0 Å². The fourth-order valence-electron chi connectivity index (χ4n) is 1.80. The van der Waals surface area contributed by atoms with Crippen molar-refractivity contribution >= 4 is 11.6 Å². The molecule has 2 aromatic carbocycles. The van der Waals surface area contributed by atoms with Gasteiger partial charge in [0, 0.05) is 17.1 Å². The van der Waals surface area contributed by atoms with Crippen molar-refractivity contribution in [1.82, 2.24) is 5.32 Å². The lowest BCUT2D eigenvalue weighted by molar-refractivity contribution is 0.461. The first-order valence-corrected chi connectivity index (χ1v) is 6.45. The lowest BCUT2D eigenvalue weighted by Crippen LogP contribution is -2.16. The third kappa shape index (κ3) is 4.23. The summed E-state index contributed by atoms with van der Waals surface area (Å²) in [7, 11) is 0. The minimum Gasteiger partial charge on any atom is -0.508 e. The number of phenolic OH excluding ortho intramolecular Hbond substituents is 1. The average Bonchev–Trinajstić information content (AvgIpc) is 2.40. The third-order valence-corrected chi connectivity index (χ3v) is 3.11. The van der Waals surface area contributed by atoms with Gasteiger partial charge in [-0.05, 0) is 48.9 Å². The van der Waals surface area contributed by atoms with Crippen LogP contribution < -0.4 is 5.32 Å². The Labute approximate surface area is 116 Å². The van der Waals surface area contributed by atoms with Crippen molar-refractivity contribution in [2.45, 2.75) is 13.0 Å². The summed E-state index contributed by atoms with van der Waals surface area (Å²) in [5.74, 6) is -0.229. The molecule has 0 radical (unpaired) electrons. The smallest absolute Gasteiger partial charge is 0.123 e. The van der Waals surface area contributed by atoms with Gasteiger partial charge in [-0.2, -0.15) is 0 Å². The van der Waals surface area contributed by atoms with Gasteiger partial charge in [0.15, 0.2) is 0 Å². The highest BCUT2D eigenvalue weighted by molar-refractivity contribution is 6.30. The van der Waals surface area contributed by atoms with Crippen LogP contribution in [0.1, 0.15) is 11.1 Å². The SMILES string of the molecule is Oc1ccc(F)cc1CNCCc1ccc(Cl)cc1. The first-order valence-electron chi connectivity index (χ1n) is 6.08.